The van der Waals surface area contributed by atoms with E-state index >= 15 is 0 Å². The van der Waals surface area contributed by atoms with Gasteiger partial charge in [-0.1, -0.05) is 57.0 Å². The van der Waals surface area contributed by atoms with Gasteiger partial charge in [-0.2, -0.15) is 0 Å². The zero-order chi connectivity index (χ0) is 13.9. The van der Waals surface area contributed by atoms with Crippen molar-refractivity contribution >= 4 is 5.97 Å². The number of benzene rings is 1. The molecule has 2 heteroatoms. The van der Waals surface area contributed by atoms with Crippen LogP contribution in [0.25, 0.3) is 0 Å². The van der Waals surface area contributed by atoms with Crippen LogP contribution < -0.4 is 0 Å². The van der Waals surface area contributed by atoms with Crippen molar-refractivity contribution in [3.63, 3.8) is 0 Å². The molecule has 0 aliphatic rings. The van der Waals surface area contributed by atoms with Crippen molar-refractivity contribution in [2.24, 2.45) is 0 Å². The van der Waals surface area contributed by atoms with E-state index in [0.717, 1.165) is 19.3 Å². The molecule has 1 aromatic rings. The van der Waals surface area contributed by atoms with Gasteiger partial charge in [0.15, 0.2) is 0 Å². The molecule has 0 heterocycles. The van der Waals surface area contributed by atoms with Gasteiger partial charge in [-0.25, -0.2) is 0 Å². The van der Waals surface area contributed by atoms with Crippen molar-refractivity contribution in [3.05, 3.63) is 35.9 Å². The smallest absolute Gasteiger partial charge is 0.305 e. The SMILES string of the molecule is CCCCC(CCC(=O)OCCC)c1ccccc1. The van der Waals surface area contributed by atoms with E-state index in [0.29, 0.717) is 18.9 Å². The molecule has 1 aromatic carbocycles. The highest BCUT2D eigenvalue weighted by Gasteiger charge is 2.13. The molecule has 0 radical (unpaired) electrons. The van der Waals surface area contributed by atoms with Crippen LogP contribution in [-0.2, 0) is 9.53 Å². The van der Waals surface area contributed by atoms with Gasteiger partial charge in [0.1, 0.15) is 0 Å². The van der Waals surface area contributed by atoms with Crippen molar-refractivity contribution in [2.45, 2.75) is 58.3 Å². The van der Waals surface area contributed by atoms with E-state index in [1.165, 1.54) is 18.4 Å². The Balaban J connectivity index is 2.48. The maximum absolute atomic E-state index is 11.6. The second-order valence-electron chi connectivity index (χ2n) is 5.01. The summed E-state index contributed by atoms with van der Waals surface area (Å²) in [7, 11) is 0. The number of hydrogen-bond donors (Lipinski definition) is 0. The molecule has 0 saturated carbocycles. The van der Waals surface area contributed by atoms with Crippen molar-refractivity contribution < 1.29 is 9.53 Å². The Hall–Kier alpha value is -1.31. The summed E-state index contributed by atoms with van der Waals surface area (Å²) in [5.74, 6) is 0.426. The summed E-state index contributed by atoms with van der Waals surface area (Å²) in [6.45, 7) is 4.77. The lowest BCUT2D eigenvalue weighted by atomic mass is 9.89. The molecular weight excluding hydrogens is 236 g/mol. The normalized spacial score (nSPS) is 12.1. The second-order valence-corrected chi connectivity index (χ2v) is 5.01. The lowest BCUT2D eigenvalue weighted by Gasteiger charge is -2.16. The van der Waals surface area contributed by atoms with Crippen LogP contribution in [0.5, 0.6) is 0 Å². The largest absolute Gasteiger partial charge is 0.466 e. The molecule has 106 valence electrons. The summed E-state index contributed by atoms with van der Waals surface area (Å²) in [6, 6.07) is 10.5. The Morgan fingerprint density at radius 3 is 2.47 bits per heavy atom. The van der Waals surface area contributed by atoms with Crippen LogP contribution in [0.15, 0.2) is 30.3 Å². The van der Waals surface area contributed by atoms with Crippen molar-refractivity contribution in [1.82, 2.24) is 0 Å². The molecule has 0 bridgehead atoms. The van der Waals surface area contributed by atoms with Crippen molar-refractivity contribution in [2.75, 3.05) is 6.61 Å². The molecule has 0 aliphatic heterocycles. The molecule has 1 rings (SSSR count). The minimum absolute atomic E-state index is 0.0562. The van der Waals surface area contributed by atoms with Gasteiger partial charge in [0.2, 0.25) is 0 Å². The van der Waals surface area contributed by atoms with Crippen LogP contribution >= 0.6 is 0 Å². The Labute approximate surface area is 117 Å². The summed E-state index contributed by atoms with van der Waals surface area (Å²) < 4.78 is 5.14. The highest BCUT2D eigenvalue weighted by Crippen LogP contribution is 2.27. The molecule has 1 unspecified atom stereocenters. The van der Waals surface area contributed by atoms with Gasteiger partial charge in [-0.3, -0.25) is 4.79 Å². The summed E-state index contributed by atoms with van der Waals surface area (Å²) in [6.07, 6.45) is 5.88. The molecule has 0 spiro atoms. The predicted molar refractivity (Wildman–Crippen MR) is 79.2 cm³/mol. The van der Waals surface area contributed by atoms with E-state index in [4.69, 9.17) is 4.74 Å². The second kappa shape index (κ2) is 9.60. The fraction of sp³-hybridized carbons (Fsp3) is 0.588. The Bertz CT molecular complexity index is 346. The average Bonchev–Trinajstić information content (AvgIpc) is 2.46. The first kappa shape index (κ1) is 15.7. The van der Waals surface area contributed by atoms with Crippen LogP contribution in [0.2, 0.25) is 0 Å². The summed E-state index contributed by atoms with van der Waals surface area (Å²) >= 11 is 0. The number of carbonyl (C=O) groups excluding carboxylic acids is 1. The summed E-state index contributed by atoms with van der Waals surface area (Å²) in [5.41, 5.74) is 1.35. The standard InChI is InChI=1S/C17H26O2/c1-3-5-9-16(15-10-7-6-8-11-15)12-13-17(18)19-14-4-2/h6-8,10-11,16H,3-5,9,12-14H2,1-2H3. The monoisotopic (exact) mass is 262 g/mol. The van der Waals surface area contributed by atoms with E-state index in [2.05, 4.69) is 31.2 Å². The molecule has 0 aromatic heterocycles. The number of esters is 1. The van der Waals surface area contributed by atoms with Crippen LogP contribution in [0.1, 0.15) is 63.9 Å². The summed E-state index contributed by atoms with van der Waals surface area (Å²) in [5, 5.41) is 0. The predicted octanol–water partition coefficient (Wildman–Crippen LogP) is 4.69. The van der Waals surface area contributed by atoms with Gasteiger partial charge in [0, 0.05) is 6.42 Å². The number of hydrogen-bond acceptors (Lipinski definition) is 2. The first-order valence-electron chi connectivity index (χ1n) is 7.48. The minimum Gasteiger partial charge on any atom is -0.466 e. The lowest BCUT2D eigenvalue weighted by molar-refractivity contribution is -0.143. The van der Waals surface area contributed by atoms with E-state index in [-0.39, 0.29) is 5.97 Å². The van der Waals surface area contributed by atoms with Crippen molar-refractivity contribution in [3.8, 4) is 0 Å². The first-order chi connectivity index (χ1) is 9.27. The Morgan fingerprint density at radius 1 is 1.11 bits per heavy atom. The topological polar surface area (TPSA) is 26.3 Å². The van der Waals surface area contributed by atoms with E-state index in [1.54, 1.807) is 0 Å². The Kier molecular flexibility index (Phi) is 7.95. The third-order valence-corrected chi connectivity index (χ3v) is 3.34. The summed E-state index contributed by atoms with van der Waals surface area (Å²) in [4.78, 5) is 11.6. The zero-order valence-electron chi connectivity index (χ0n) is 12.2. The van der Waals surface area contributed by atoms with Gasteiger partial charge < -0.3 is 4.74 Å². The van der Waals surface area contributed by atoms with Gasteiger partial charge >= 0.3 is 5.97 Å². The van der Waals surface area contributed by atoms with Crippen LogP contribution in [0.4, 0.5) is 0 Å². The van der Waals surface area contributed by atoms with E-state index in [1.807, 2.05) is 13.0 Å². The highest BCUT2D eigenvalue weighted by molar-refractivity contribution is 5.69. The maximum Gasteiger partial charge on any atom is 0.305 e. The average molecular weight is 262 g/mol. The molecule has 0 amide bonds. The van der Waals surface area contributed by atoms with E-state index < -0.39 is 0 Å². The van der Waals surface area contributed by atoms with E-state index in [9.17, 15) is 4.79 Å². The van der Waals surface area contributed by atoms with Gasteiger partial charge in [-0.05, 0) is 30.7 Å². The third kappa shape index (κ3) is 6.42. The zero-order valence-corrected chi connectivity index (χ0v) is 12.2. The van der Waals surface area contributed by atoms with Crippen molar-refractivity contribution in [1.29, 1.82) is 0 Å². The number of carbonyl (C=O) groups is 1. The molecule has 2 nitrogen and oxygen atoms in total. The molecule has 19 heavy (non-hydrogen) atoms. The number of rotatable bonds is 9. The molecule has 0 N–H and O–H groups in total. The number of unbranched alkanes of at least 4 members (excludes halogenated alkanes) is 1. The first-order valence-corrected chi connectivity index (χ1v) is 7.48. The molecular formula is C17H26O2. The number of ether oxygens (including phenoxy) is 1. The quantitative estimate of drug-likeness (QED) is 0.603. The van der Waals surface area contributed by atoms with Gasteiger partial charge in [0.25, 0.3) is 0 Å². The molecule has 0 fully saturated rings. The third-order valence-electron chi connectivity index (χ3n) is 3.34. The maximum atomic E-state index is 11.6. The molecule has 0 aliphatic carbocycles. The van der Waals surface area contributed by atoms with Crippen LogP contribution in [0, 0.1) is 0 Å². The molecule has 1 atom stereocenters. The Morgan fingerprint density at radius 2 is 1.84 bits per heavy atom. The highest BCUT2D eigenvalue weighted by atomic mass is 16.5. The molecule has 0 saturated heterocycles. The fourth-order valence-corrected chi connectivity index (χ4v) is 2.23. The lowest BCUT2D eigenvalue weighted by Crippen LogP contribution is -2.08. The van der Waals surface area contributed by atoms with Gasteiger partial charge in [-0.15, -0.1) is 0 Å². The minimum atomic E-state index is -0.0562. The fourth-order valence-electron chi connectivity index (χ4n) is 2.23. The van der Waals surface area contributed by atoms with Gasteiger partial charge in [0.05, 0.1) is 6.61 Å². The van der Waals surface area contributed by atoms with Crippen LogP contribution in [-0.4, -0.2) is 12.6 Å². The van der Waals surface area contributed by atoms with Crippen LogP contribution in [0.3, 0.4) is 0 Å².